The van der Waals surface area contributed by atoms with Gasteiger partial charge < -0.3 is 4.74 Å². The zero-order chi connectivity index (χ0) is 11.5. The van der Waals surface area contributed by atoms with Gasteiger partial charge in [-0.05, 0) is 17.7 Å². The molecule has 0 aliphatic heterocycles. The number of methoxy groups -OCH3 is 1. The predicted octanol–water partition coefficient (Wildman–Crippen LogP) is 3.40. The van der Waals surface area contributed by atoms with Crippen molar-refractivity contribution in [2.24, 2.45) is 0 Å². The van der Waals surface area contributed by atoms with Crippen molar-refractivity contribution in [1.29, 1.82) is 0 Å². The summed E-state index contributed by atoms with van der Waals surface area (Å²) in [5, 5.41) is 0. The molecule has 1 rings (SSSR count). The van der Waals surface area contributed by atoms with Gasteiger partial charge in [0.05, 0.1) is 15.2 Å². The van der Waals surface area contributed by atoms with Crippen molar-refractivity contribution in [3.63, 3.8) is 0 Å². The quantitative estimate of drug-likeness (QED) is 0.585. The number of benzene rings is 1. The first-order valence-electron chi connectivity index (χ1n) is 4.87. The van der Waals surface area contributed by atoms with E-state index in [1.807, 2.05) is 0 Å². The molecule has 0 fully saturated rings. The first-order valence-corrected chi connectivity index (χ1v) is 8.82. The molecule has 0 amide bonds. The van der Waals surface area contributed by atoms with E-state index in [2.05, 4.69) is 13.1 Å². The van der Waals surface area contributed by atoms with Crippen LogP contribution in [0.25, 0.3) is 0 Å². The molecular weight excluding hydrogens is 231 g/mol. The number of alkyl halides is 1. The molecule has 0 atom stereocenters. The number of ether oxygens (including phenoxy) is 1. The van der Waals surface area contributed by atoms with Gasteiger partial charge in [0.2, 0.25) is 0 Å². The highest BCUT2D eigenvalue weighted by Gasteiger charge is 2.21. The maximum atomic E-state index is 13.6. The lowest BCUT2D eigenvalue weighted by Gasteiger charge is -2.19. The van der Waals surface area contributed by atoms with E-state index in [-0.39, 0.29) is 5.82 Å². The minimum absolute atomic E-state index is 0.194. The standard InChI is InChI=1S/C11H16ClFOSi/c1-14-10-5-4-9(11(13)6-10)7-15(2,3)8-12/h4-6H,7-8H2,1-3H3. The summed E-state index contributed by atoms with van der Waals surface area (Å²) in [6.07, 6.45) is 0. The van der Waals surface area contributed by atoms with E-state index in [0.29, 0.717) is 11.3 Å². The molecule has 1 aromatic rings. The summed E-state index contributed by atoms with van der Waals surface area (Å²) in [4.78, 5) is 0. The van der Waals surface area contributed by atoms with E-state index in [4.69, 9.17) is 16.3 Å². The Morgan fingerprint density at radius 1 is 1.40 bits per heavy atom. The fourth-order valence-corrected chi connectivity index (χ4v) is 3.06. The Morgan fingerprint density at radius 2 is 2.07 bits per heavy atom. The molecule has 0 bridgehead atoms. The van der Waals surface area contributed by atoms with E-state index in [9.17, 15) is 4.39 Å². The SMILES string of the molecule is COc1ccc(C[Si](C)(C)CCl)c(F)c1. The van der Waals surface area contributed by atoms with Crippen molar-refractivity contribution in [1.82, 2.24) is 0 Å². The first kappa shape index (κ1) is 12.5. The summed E-state index contributed by atoms with van der Waals surface area (Å²) in [6.45, 7) is 4.31. The molecule has 1 aromatic carbocycles. The molecule has 0 spiro atoms. The fourth-order valence-electron chi connectivity index (χ4n) is 1.36. The Bertz CT molecular complexity index is 341. The Hall–Kier alpha value is -0.543. The largest absolute Gasteiger partial charge is 0.497 e. The third-order valence-electron chi connectivity index (χ3n) is 2.29. The molecule has 84 valence electrons. The van der Waals surface area contributed by atoms with Crippen molar-refractivity contribution in [2.75, 3.05) is 12.6 Å². The lowest BCUT2D eigenvalue weighted by Crippen LogP contribution is -2.32. The maximum absolute atomic E-state index is 13.6. The highest BCUT2D eigenvalue weighted by molar-refractivity contribution is 6.82. The third kappa shape index (κ3) is 3.50. The van der Waals surface area contributed by atoms with Gasteiger partial charge in [0.15, 0.2) is 0 Å². The monoisotopic (exact) mass is 246 g/mol. The number of rotatable bonds is 4. The van der Waals surface area contributed by atoms with Gasteiger partial charge in [0.25, 0.3) is 0 Å². The molecule has 0 aliphatic carbocycles. The van der Waals surface area contributed by atoms with E-state index in [1.165, 1.54) is 13.2 Å². The summed E-state index contributed by atoms with van der Waals surface area (Å²) in [7, 11) is 0.0412. The molecule has 15 heavy (non-hydrogen) atoms. The predicted molar refractivity (Wildman–Crippen MR) is 64.9 cm³/mol. The van der Waals surface area contributed by atoms with Gasteiger partial charge in [-0.15, -0.1) is 11.6 Å². The van der Waals surface area contributed by atoms with E-state index < -0.39 is 8.07 Å². The van der Waals surface area contributed by atoms with Crippen LogP contribution in [0.5, 0.6) is 5.75 Å². The van der Waals surface area contributed by atoms with Crippen LogP contribution >= 0.6 is 11.6 Å². The molecular formula is C11H16ClFOSi. The summed E-state index contributed by atoms with van der Waals surface area (Å²) >= 11 is 5.87. The van der Waals surface area contributed by atoms with Gasteiger partial charge >= 0.3 is 0 Å². The topological polar surface area (TPSA) is 9.23 Å². The van der Waals surface area contributed by atoms with Crippen molar-refractivity contribution < 1.29 is 9.13 Å². The second kappa shape index (κ2) is 4.99. The molecule has 0 aromatic heterocycles. The van der Waals surface area contributed by atoms with Gasteiger partial charge in [-0.2, -0.15) is 0 Å². The minimum Gasteiger partial charge on any atom is -0.497 e. The number of hydrogen-bond acceptors (Lipinski definition) is 1. The van der Waals surface area contributed by atoms with Crippen LogP contribution in [0.1, 0.15) is 5.56 Å². The first-order chi connectivity index (χ1) is 6.98. The Balaban J connectivity index is 2.87. The van der Waals surface area contributed by atoms with Crippen molar-refractivity contribution in [2.45, 2.75) is 19.1 Å². The molecule has 0 heterocycles. The molecule has 4 heteroatoms. The minimum atomic E-state index is -1.49. The lowest BCUT2D eigenvalue weighted by atomic mass is 10.2. The summed E-state index contributed by atoms with van der Waals surface area (Å²) < 4.78 is 18.6. The van der Waals surface area contributed by atoms with Gasteiger partial charge in [0.1, 0.15) is 11.6 Å². The summed E-state index contributed by atoms with van der Waals surface area (Å²) in [5.74, 6) is 0.363. The number of hydrogen-bond donors (Lipinski definition) is 0. The Labute approximate surface area is 96.2 Å². The van der Waals surface area contributed by atoms with Crippen LogP contribution in [0.2, 0.25) is 13.1 Å². The normalized spacial score (nSPS) is 11.5. The van der Waals surface area contributed by atoms with Crippen LogP contribution in [0.4, 0.5) is 4.39 Å². The highest BCUT2D eigenvalue weighted by atomic mass is 35.5. The average molecular weight is 247 g/mol. The average Bonchev–Trinajstić information content (AvgIpc) is 2.21. The van der Waals surface area contributed by atoms with Gasteiger partial charge in [-0.3, -0.25) is 0 Å². The van der Waals surface area contributed by atoms with Crippen molar-refractivity contribution >= 4 is 19.7 Å². The molecule has 0 saturated heterocycles. The van der Waals surface area contributed by atoms with E-state index in [0.717, 1.165) is 11.6 Å². The second-order valence-electron chi connectivity index (χ2n) is 4.43. The highest BCUT2D eigenvalue weighted by Crippen LogP contribution is 2.20. The summed E-state index contributed by atoms with van der Waals surface area (Å²) in [5.41, 5.74) is 1.39. The zero-order valence-electron chi connectivity index (χ0n) is 9.31. The lowest BCUT2D eigenvalue weighted by molar-refractivity contribution is 0.411. The molecule has 1 nitrogen and oxygen atoms in total. The van der Waals surface area contributed by atoms with Gasteiger partial charge in [-0.1, -0.05) is 19.2 Å². The molecule has 0 saturated carbocycles. The van der Waals surface area contributed by atoms with Crippen LogP contribution in [-0.2, 0) is 6.04 Å². The zero-order valence-corrected chi connectivity index (χ0v) is 11.1. The summed E-state index contributed by atoms with van der Waals surface area (Å²) in [6, 6.07) is 5.77. The smallest absolute Gasteiger partial charge is 0.129 e. The van der Waals surface area contributed by atoms with E-state index in [1.54, 1.807) is 12.1 Å². The van der Waals surface area contributed by atoms with Crippen LogP contribution in [0.3, 0.4) is 0 Å². The van der Waals surface area contributed by atoms with Crippen LogP contribution in [0, 0.1) is 5.82 Å². The number of halogens is 2. The van der Waals surface area contributed by atoms with Gasteiger partial charge in [-0.25, -0.2) is 4.39 Å². The Kier molecular flexibility index (Phi) is 4.17. The maximum Gasteiger partial charge on any atom is 0.129 e. The van der Waals surface area contributed by atoms with Crippen LogP contribution < -0.4 is 4.74 Å². The van der Waals surface area contributed by atoms with Crippen LogP contribution in [-0.4, -0.2) is 20.7 Å². The van der Waals surface area contributed by atoms with Gasteiger partial charge in [0, 0.05) is 11.6 Å². The van der Waals surface area contributed by atoms with Crippen molar-refractivity contribution in [3.05, 3.63) is 29.6 Å². The van der Waals surface area contributed by atoms with Crippen molar-refractivity contribution in [3.8, 4) is 5.75 Å². The van der Waals surface area contributed by atoms with E-state index >= 15 is 0 Å². The third-order valence-corrected chi connectivity index (χ3v) is 6.52. The Morgan fingerprint density at radius 3 is 2.53 bits per heavy atom. The molecule has 0 aliphatic rings. The molecule has 0 N–H and O–H groups in total. The second-order valence-corrected chi connectivity index (χ2v) is 10.2. The molecule has 0 radical (unpaired) electrons. The van der Waals surface area contributed by atoms with Crippen LogP contribution in [0.15, 0.2) is 18.2 Å². The fraction of sp³-hybridized carbons (Fsp3) is 0.455. The molecule has 0 unspecified atom stereocenters.